The minimum Gasteiger partial charge on any atom is -0.481 e. The average Bonchev–Trinajstić information content (AvgIpc) is 3.33. The number of fused-ring (bicyclic) bond motifs is 1. The van der Waals surface area contributed by atoms with Crippen molar-refractivity contribution < 1.29 is 14.7 Å². The third-order valence-corrected chi connectivity index (χ3v) is 7.69. The molecule has 2 heterocycles. The molecule has 1 aliphatic heterocycles. The highest BCUT2D eigenvalue weighted by atomic mass is 32.1. The third-order valence-electron chi connectivity index (χ3n) is 6.52. The zero-order valence-corrected chi connectivity index (χ0v) is 17.1. The number of hydrogen-bond donors (Lipinski definition) is 1. The van der Waals surface area contributed by atoms with E-state index < -0.39 is 11.4 Å². The molecule has 2 aliphatic rings. The molecule has 1 aromatic heterocycles. The van der Waals surface area contributed by atoms with Gasteiger partial charge in [-0.05, 0) is 37.3 Å². The lowest BCUT2D eigenvalue weighted by atomic mass is 9.76. The van der Waals surface area contributed by atoms with Crippen LogP contribution in [0, 0.1) is 17.3 Å². The SMILES string of the molecule is CC(C)C1(C(=O)O)CCN(C(=O)C2CC=CCC2c2nc3ccccc3s2)C1. The first-order chi connectivity index (χ1) is 13.4. The van der Waals surface area contributed by atoms with Gasteiger partial charge < -0.3 is 10.0 Å². The first-order valence-corrected chi connectivity index (χ1v) is 10.8. The Labute approximate surface area is 169 Å². The molecule has 0 bridgehead atoms. The fourth-order valence-corrected chi connectivity index (χ4v) is 5.70. The van der Waals surface area contributed by atoms with Crippen LogP contribution in [-0.4, -0.2) is 40.0 Å². The van der Waals surface area contributed by atoms with E-state index in [0.717, 1.165) is 21.6 Å². The molecule has 4 rings (SSSR count). The highest BCUT2D eigenvalue weighted by Gasteiger charge is 2.49. The standard InChI is InChI=1S/C22H26N2O3S/c1-14(2)22(21(26)27)11-12-24(13-22)20(25)16-8-4-3-7-15(16)19-23-17-9-5-6-10-18(17)28-19/h3-6,9-10,14-16H,7-8,11-13H2,1-2H3,(H,26,27). The quantitative estimate of drug-likeness (QED) is 0.779. The van der Waals surface area contributed by atoms with Gasteiger partial charge in [0, 0.05) is 19.0 Å². The van der Waals surface area contributed by atoms with Crippen molar-refractivity contribution in [2.45, 2.75) is 39.0 Å². The number of carboxylic acid groups (broad SMARTS) is 1. The van der Waals surface area contributed by atoms with Gasteiger partial charge in [0.05, 0.1) is 26.6 Å². The summed E-state index contributed by atoms with van der Waals surface area (Å²) in [6.07, 6.45) is 6.24. The highest BCUT2D eigenvalue weighted by Crippen LogP contribution is 2.43. The highest BCUT2D eigenvalue weighted by molar-refractivity contribution is 7.18. The predicted molar refractivity (Wildman–Crippen MR) is 110 cm³/mol. The smallest absolute Gasteiger partial charge is 0.311 e. The molecule has 6 heteroatoms. The Morgan fingerprint density at radius 1 is 1.25 bits per heavy atom. The summed E-state index contributed by atoms with van der Waals surface area (Å²) in [6.45, 7) is 4.71. The van der Waals surface area contributed by atoms with Crippen molar-refractivity contribution >= 4 is 33.4 Å². The monoisotopic (exact) mass is 398 g/mol. The van der Waals surface area contributed by atoms with Gasteiger partial charge in [0.2, 0.25) is 5.91 Å². The number of carbonyl (C=O) groups is 2. The first kappa shape index (κ1) is 19.1. The summed E-state index contributed by atoms with van der Waals surface area (Å²) in [5.41, 5.74) is 0.153. The van der Waals surface area contributed by atoms with Gasteiger partial charge in [-0.1, -0.05) is 38.1 Å². The molecule has 148 valence electrons. The van der Waals surface area contributed by atoms with Crippen LogP contribution < -0.4 is 0 Å². The van der Waals surface area contributed by atoms with E-state index in [2.05, 4.69) is 18.2 Å². The number of thiazole rings is 1. The number of aliphatic carboxylic acids is 1. The van der Waals surface area contributed by atoms with Crippen LogP contribution in [0.5, 0.6) is 0 Å². The molecule has 1 N–H and O–H groups in total. The molecule has 1 fully saturated rings. The number of rotatable bonds is 4. The van der Waals surface area contributed by atoms with Crippen LogP contribution in [0.3, 0.4) is 0 Å². The zero-order chi connectivity index (χ0) is 19.9. The summed E-state index contributed by atoms with van der Waals surface area (Å²) in [5.74, 6) is -0.813. The fourth-order valence-electron chi connectivity index (χ4n) is 4.56. The van der Waals surface area contributed by atoms with Gasteiger partial charge in [0.1, 0.15) is 0 Å². The number of nitrogens with zero attached hydrogens (tertiary/aromatic N) is 2. The second-order valence-electron chi connectivity index (χ2n) is 8.30. The summed E-state index contributed by atoms with van der Waals surface area (Å²) in [4.78, 5) is 31.9. The van der Waals surface area contributed by atoms with Crippen LogP contribution in [0.2, 0.25) is 0 Å². The number of allylic oxidation sites excluding steroid dienone is 2. The average molecular weight is 399 g/mol. The Kier molecular flexibility index (Phi) is 5.00. The minimum atomic E-state index is -0.828. The molecule has 1 saturated heterocycles. The molecule has 3 unspecified atom stereocenters. The van der Waals surface area contributed by atoms with Crippen molar-refractivity contribution in [3.05, 3.63) is 41.4 Å². The number of amides is 1. The van der Waals surface area contributed by atoms with Crippen molar-refractivity contribution in [3.63, 3.8) is 0 Å². The Morgan fingerprint density at radius 2 is 2.00 bits per heavy atom. The van der Waals surface area contributed by atoms with E-state index >= 15 is 0 Å². The van der Waals surface area contributed by atoms with Crippen LogP contribution in [0.1, 0.15) is 44.0 Å². The van der Waals surface area contributed by atoms with E-state index in [-0.39, 0.29) is 23.7 Å². The van der Waals surface area contributed by atoms with Gasteiger partial charge in [-0.3, -0.25) is 9.59 Å². The van der Waals surface area contributed by atoms with Gasteiger partial charge in [-0.15, -0.1) is 11.3 Å². The summed E-state index contributed by atoms with van der Waals surface area (Å²) in [5, 5.41) is 10.8. The molecular formula is C22H26N2O3S. The minimum absolute atomic E-state index is 0.00545. The van der Waals surface area contributed by atoms with Gasteiger partial charge in [-0.2, -0.15) is 0 Å². The topological polar surface area (TPSA) is 70.5 Å². The Balaban J connectivity index is 1.59. The van der Waals surface area contributed by atoms with Crippen molar-refractivity contribution in [2.75, 3.05) is 13.1 Å². The molecular weight excluding hydrogens is 372 g/mol. The van der Waals surface area contributed by atoms with E-state index in [4.69, 9.17) is 4.98 Å². The molecule has 1 aromatic carbocycles. The molecule has 1 amide bonds. The van der Waals surface area contributed by atoms with E-state index in [1.807, 2.05) is 32.0 Å². The maximum absolute atomic E-state index is 13.4. The Hall–Kier alpha value is -2.21. The van der Waals surface area contributed by atoms with Crippen LogP contribution >= 0.6 is 11.3 Å². The lowest BCUT2D eigenvalue weighted by Gasteiger charge is -2.32. The number of para-hydroxylation sites is 1. The van der Waals surface area contributed by atoms with Crippen LogP contribution in [0.4, 0.5) is 0 Å². The van der Waals surface area contributed by atoms with Crippen molar-refractivity contribution in [1.29, 1.82) is 0 Å². The maximum Gasteiger partial charge on any atom is 0.311 e. The number of benzene rings is 1. The molecule has 2 aromatic rings. The lowest BCUT2D eigenvalue weighted by Crippen LogP contribution is -2.43. The van der Waals surface area contributed by atoms with Crippen molar-refractivity contribution in [3.8, 4) is 0 Å². The zero-order valence-electron chi connectivity index (χ0n) is 16.3. The normalized spacial score (nSPS) is 27.6. The van der Waals surface area contributed by atoms with Gasteiger partial charge in [-0.25, -0.2) is 4.98 Å². The maximum atomic E-state index is 13.4. The lowest BCUT2D eigenvalue weighted by molar-refractivity contribution is -0.151. The molecule has 1 aliphatic carbocycles. The number of carboxylic acids is 1. The van der Waals surface area contributed by atoms with E-state index in [1.165, 1.54) is 0 Å². The van der Waals surface area contributed by atoms with E-state index in [0.29, 0.717) is 25.9 Å². The molecule has 5 nitrogen and oxygen atoms in total. The Bertz CT molecular complexity index is 902. The Morgan fingerprint density at radius 3 is 2.68 bits per heavy atom. The summed E-state index contributed by atoms with van der Waals surface area (Å²) >= 11 is 1.67. The molecule has 0 radical (unpaired) electrons. The van der Waals surface area contributed by atoms with Gasteiger partial charge >= 0.3 is 5.97 Å². The predicted octanol–water partition coefficient (Wildman–Crippen LogP) is 4.31. The second-order valence-corrected chi connectivity index (χ2v) is 9.36. The number of aromatic nitrogens is 1. The largest absolute Gasteiger partial charge is 0.481 e. The summed E-state index contributed by atoms with van der Waals surface area (Å²) in [6, 6.07) is 8.07. The van der Waals surface area contributed by atoms with Gasteiger partial charge in [0.15, 0.2) is 0 Å². The third kappa shape index (κ3) is 3.13. The summed E-state index contributed by atoms with van der Waals surface area (Å²) in [7, 11) is 0. The number of carbonyl (C=O) groups excluding carboxylic acids is 1. The van der Waals surface area contributed by atoms with Crippen molar-refractivity contribution in [1.82, 2.24) is 9.88 Å². The van der Waals surface area contributed by atoms with Crippen LogP contribution in [0.15, 0.2) is 36.4 Å². The second kappa shape index (κ2) is 7.32. The van der Waals surface area contributed by atoms with E-state index in [1.54, 1.807) is 16.2 Å². The van der Waals surface area contributed by atoms with E-state index in [9.17, 15) is 14.7 Å². The summed E-state index contributed by atoms with van der Waals surface area (Å²) < 4.78 is 1.14. The molecule has 3 atom stereocenters. The van der Waals surface area contributed by atoms with Crippen LogP contribution in [0.25, 0.3) is 10.2 Å². The fraction of sp³-hybridized carbons (Fsp3) is 0.500. The molecule has 0 saturated carbocycles. The molecule has 0 spiro atoms. The van der Waals surface area contributed by atoms with Crippen LogP contribution in [-0.2, 0) is 9.59 Å². The molecule has 28 heavy (non-hydrogen) atoms. The van der Waals surface area contributed by atoms with Gasteiger partial charge in [0.25, 0.3) is 0 Å². The van der Waals surface area contributed by atoms with Crippen molar-refractivity contribution in [2.24, 2.45) is 17.3 Å². The first-order valence-electron chi connectivity index (χ1n) is 9.95. The number of likely N-dealkylation sites (tertiary alicyclic amines) is 1. The number of hydrogen-bond acceptors (Lipinski definition) is 4.